The summed E-state index contributed by atoms with van der Waals surface area (Å²) in [4.78, 5) is 26.6. The molecule has 39 heavy (non-hydrogen) atoms. The first-order valence-corrected chi connectivity index (χ1v) is 14.7. The largest absolute Gasteiger partial charge is 0.465 e. The lowest BCUT2D eigenvalue weighted by Gasteiger charge is -2.53. The highest BCUT2D eigenvalue weighted by Crippen LogP contribution is 2.46. The van der Waals surface area contributed by atoms with Crippen molar-refractivity contribution in [2.45, 2.75) is 102 Å². The monoisotopic (exact) mass is 543 g/mol. The molecule has 4 fully saturated rings. The number of rotatable bonds is 9. The Balaban J connectivity index is 1.30. The van der Waals surface area contributed by atoms with Crippen LogP contribution in [0.5, 0.6) is 0 Å². The third-order valence-corrected chi connectivity index (χ3v) is 9.31. The van der Waals surface area contributed by atoms with Crippen LogP contribution in [0.15, 0.2) is 36.0 Å². The van der Waals surface area contributed by atoms with Gasteiger partial charge in [-0.15, -0.1) is 0 Å². The van der Waals surface area contributed by atoms with Crippen molar-refractivity contribution in [3.05, 3.63) is 36.0 Å². The van der Waals surface area contributed by atoms with Gasteiger partial charge < -0.3 is 19.5 Å². The molecule has 0 radical (unpaired) electrons. The van der Waals surface area contributed by atoms with Crippen LogP contribution in [0.4, 0.5) is 4.79 Å². The topological polar surface area (TPSA) is 94.6 Å². The second-order valence-electron chi connectivity index (χ2n) is 13.0. The smallest absolute Gasteiger partial charge is 0.407 e. The van der Waals surface area contributed by atoms with E-state index < -0.39 is 11.8 Å². The molecule has 2 N–H and O–H groups in total. The number of carboxylic acid groups (broad SMARTS) is 1. The van der Waals surface area contributed by atoms with Crippen LogP contribution in [0.1, 0.15) is 72.6 Å². The molecule has 0 unspecified atom stereocenters. The van der Waals surface area contributed by atoms with Gasteiger partial charge in [-0.2, -0.15) is 0 Å². The molecule has 0 bridgehead atoms. The lowest BCUT2D eigenvalue weighted by atomic mass is 9.81. The van der Waals surface area contributed by atoms with Crippen molar-refractivity contribution in [3.8, 4) is 0 Å². The molecule has 3 aliphatic heterocycles. The van der Waals surface area contributed by atoms with Gasteiger partial charge in [0.25, 0.3) is 0 Å². The first-order chi connectivity index (χ1) is 18.5. The van der Waals surface area contributed by atoms with Gasteiger partial charge in [0.2, 0.25) is 0 Å². The second-order valence-corrected chi connectivity index (χ2v) is 13.0. The molecule has 3 saturated heterocycles. The van der Waals surface area contributed by atoms with Crippen LogP contribution in [0.25, 0.3) is 0 Å². The van der Waals surface area contributed by atoms with Crippen molar-refractivity contribution in [2.24, 2.45) is 11.8 Å². The number of amides is 1. The van der Waals surface area contributed by atoms with Crippen LogP contribution in [0.2, 0.25) is 0 Å². The summed E-state index contributed by atoms with van der Waals surface area (Å²) < 4.78 is 12.0. The molecule has 8 heteroatoms. The summed E-state index contributed by atoms with van der Waals surface area (Å²) in [6.07, 6.45) is 17.6. The zero-order valence-electron chi connectivity index (χ0n) is 24.5. The van der Waals surface area contributed by atoms with Crippen molar-refractivity contribution >= 4 is 12.4 Å². The van der Waals surface area contributed by atoms with E-state index in [-0.39, 0.29) is 23.2 Å². The van der Waals surface area contributed by atoms with Crippen molar-refractivity contribution in [3.63, 3.8) is 0 Å². The summed E-state index contributed by atoms with van der Waals surface area (Å²) in [6.45, 7) is 10.9. The van der Waals surface area contributed by atoms with Gasteiger partial charge in [-0.1, -0.05) is 36.8 Å². The third kappa shape index (κ3) is 7.60. The number of carbonyl (C=O) groups excluding carboxylic acids is 1. The van der Waals surface area contributed by atoms with Crippen LogP contribution < -0.4 is 5.32 Å². The molecule has 8 nitrogen and oxygen atoms in total. The molecule has 3 heterocycles. The Bertz CT molecular complexity index is 957. The predicted molar refractivity (Wildman–Crippen MR) is 153 cm³/mol. The highest BCUT2D eigenvalue weighted by atomic mass is 16.6. The molecule has 1 aliphatic carbocycles. The van der Waals surface area contributed by atoms with Gasteiger partial charge in [-0.25, -0.2) is 4.79 Å². The number of nitrogens with one attached hydrogen (secondary N) is 1. The molecule has 0 aromatic rings. The predicted octanol–water partition coefficient (Wildman–Crippen LogP) is 4.77. The van der Waals surface area contributed by atoms with Crippen LogP contribution in [0, 0.1) is 11.8 Å². The number of ether oxygens (including phenoxy) is 2. The van der Waals surface area contributed by atoms with Gasteiger partial charge in [0.15, 0.2) is 0 Å². The normalized spacial score (nSPS) is 36.5. The maximum Gasteiger partial charge on any atom is 0.407 e. The van der Waals surface area contributed by atoms with E-state index in [0.29, 0.717) is 31.6 Å². The highest BCUT2D eigenvalue weighted by Gasteiger charge is 2.53. The number of carbonyl (C=O) groups is 2. The summed E-state index contributed by atoms with van der Waals surface area (Å²) in [5.41, 5.74) is 0.642. The van der Waals surface area contributed by atoms with Crippen LogP contribution in [-0.2, 0) is 14.3 Å². The van der Waals surface area contributed by atoms with E-state index in [1.807, 2.05) is 6.08 Å². The molecule has 1 saturated carbocycles. The summed E-state index contributed by atoms with van der Waals surface area (Å²) in [5, 5.41) is 13.6. The average Bonchev–Trinajstić information content (AvgIpc) is 3.62. The molecule has 4 rings (SSSR count). The fraction of sp³-hybridized carbons (Fsp3) is 0.742. The van der Waals surface area contributed by atoms with E-state index in [9.17, 15) is 14.7 Å². The molecule has 218 valence electrons. The SMILES string of the molecule is CC(C=C[C@@H]1C[C@]2(CO2)CC(C)(C)O1)=CCC1CCC(N[C@]2([C@@H](C)C=CC=O)CN(C(=O)O)CCN2C)CC1. The Kier molecular flexibility index (Phi) is 9.41. The zero-order valence-corrected chi connectivity index (χ0v) is 24.5. The van der Waals surface area contributed by atoms with Crippen molar-refractivity contribution < 1.29 is 24.2 Å². The van der Waals surface area contributed by atoms with Gasteiger partial charge in [0, 0.05) is 37.9 Å². The minimum absolute atomic E-state index is 0.0231. The third-order valence-electron chi connectivity index (χ3n) is 9.31. The number of epoxide rings is 1. The fourth-order valence-corrected chi connectivity index (χ4v) is 6.99. The number of hydrogen-bond donors (Lipinski definition) is 2. The number of aldehydes is 1. The Morgan fingerprint density at radius 3 is 2.56 bits per heavy atom. The molecule has 0 aromatic carbocycles. The number of allylic oxidation sites excluding steroid dienone is 4. The highest BCUT2D eigenvalue weighted by molar-refractivity contribution is 5.66. The standard InChI is InChI=1S/C31H49N3O5/c1-23(9-15-27-19-30(22-38-30)20-29(3,4)39-27)8-10-25-11-13-26(14-12-25)32-31(24(2)7-6-18-35)21-34(28(36)37)17-16-33(31)5/h6-9,15,18,24-27,32H,10-14,16-17,19-22H2,1-5H3,(H,36,37)/t24-,25?,26?,27+,30+,31+/m0/s1. The molecule has 1 spiro atoms. The van der Waals surface area contributed by atoms with Gasteiger partial charge in [0.1, 0.15) is 6.29 Å². The quantitative estimate of drug-likeness (QED) is 0.187. The van der Waals surface area contributed by atoms with Crippen molar-refractivity contribution in [1.82, 2.24) is 15.1 Å². The Hall–Kier alpha value is -2.00. The van der Waals surface area contributed by atoms with E-state index >= 15 is 0 Å². The number of hydrogen-bond acceptors (Lipinski definition) is 6. The molecule has 4 aliphatic rings. The van der Waals surface area contributed by atoms with Crippen LogP contribution >= 0.6 is 0 Å². The zero-order chi connectivity index (χ0) is 28.3. The van der Waals surface area contributed by atoms with Gasteiger partial charge in [-0.3, -0.25) is 15.0 Å². The van der Waals surface area contributed by atoms with Crippen molar-refractivity contribution in [1.29, 1.82) is 0 Å². The lowest BCUT2D eigenvalue weighted by Crippen LogP contribution is -2.72. The lowest BCUT2D eigenvalue weighted by molar-refractivity contribution is -0.112. The maximum absolute atomic E-state index is 11.8. The van der Waals surface area contributed by atoms with Gasteiger partial charge in [0.05, 0.1) is 36.1 Å². The summed E-state index contributed by atoms with van der Waals surface area (Å²) >= 11 is 0. The van der Waals surface area contributed by atoms with Crippen LogP contribution in [-0.4, -0.2) is 89.6 Å². The average molecular weight is 544 g/mol. The van der Waals surface area contributed by atoms with Gasteiger partial charge in [-0.05, 0) is 71.9 Å². The first-order valence-electron chi connectivity index (χ1n) is 14.7. The van der Waals surface area contributed by atoms with Crippen molar-refractivity contribution in [2.75, 3.05) is 33.3 Å². The Morgan fingerprint density at radius 2 is 1.92 bits per heavy atom. The molecular formula is C31H49N3O5. The number of nitrogens with zero attached hydrogens (tertiary/aromatic N) is 2. The molecule has 0 aromatic heterocycles. The van der Waals surface area contributed by atoms with E-state index in [4.69, 9.17) is 9.47 Å². The van der Waals surface area contributed by atoms with Gasteiger partial charge >= 0.3 is 6.09 Å². The van der Waals surface area contributed by atoms with E-state index in [0.717, 1.165) is 57.8 Å². The van der Waals surface area contributed by atoms with E-state index in [1.54, 1.807) is 0 Å². The number of likely N-dealkylation sites (N-methyl/N-ethyl adjacent to an activating group) is 1. The summed E-state index contributed by atoms with van der Waals surface area (Å²) in [6, 6.07) is 0.318. The second kappa shape index (κ2) is 12.2. The van der Waals surface area contributed by atoms with E-state index in [2.05, 4.69) is 63.2 Å². The first kappa shape index (κ1) is 30.0. The van der Waals surface area contributed by atoms with Crippen LogP contribution in [0.3, 0.4) is 0 Å². The number of piperazine rings is 1. The minimum atomic E-state index is -0.889. The minimum Gasteiger partial charge on any atom is -0.465 e. The fourth-order valence-electron chi connectivity index (χ4n) is 6.99. The molecule has 4 atom stereocenters. The maximum atomic E-state index is 11.8. The summed E-state index contributed by atoms with van der Waals surface area (Å²) in [7, 11) is 2.06. The Morgan fingerprint density at radius 1 is 1.21 bits per heavy atom. The molecular weight excluding hydrogens is 494 g/mol. The summed E-state index contributed by atoms with van der Waals surface area (Å²) in [5.74, 6) is 0.632. The Labute approximate surface area is 234 Å². The molecule has 1 amide bonds. The van der Waals surface area contributed by atoms with E-state index in [1.165, 1.54) is 16.5 Å².